The van der Waals surface area contributed by atoms with Crippen LogP contribution in [0.3, 0.4) is 0 Å². The number of carbonyl (C=O) groups is 1. The maximum absolute atomic E-state index is 12.6. The zero-order valence-electron chi connectivity index (χ0n) is 12.1. The summed E-state index contributed by atoms with van der Waals surface area (Å²) < 4.78 is 0. The zero-order valence-corrected chi connectivity index (χ0v) is 12.1. The fourth-order valence-corrected chi connectivity index (χ4v) is 3.95. The molecule has 0 saturated heterocycles. The Hall–Kier alpha value is -2.09. The van der Waals surface area contributed by atoms with Crippen LogP contribution in [0.25, 0.3) is 0 Å². The van der Waals surface area contributed by atoms with Gasteiger partial charge < -0.3 is 5.32 Å². The largest absolute Gasteiger partial charge is 0.346 e. The lowest BCUT2D eigenvalue weighted by Crippen LogP contribution is -2.30. The summed E-state index contributed by atoms with van der Waals surface area (Å²) in [7, 11) is 0. The summed E-state index contributed by atoms with van der Waals surface area (Å²) in [6.45, 7) is 2.04. The molecule has 1 aromatic carbocycles. The molecule has 1 N–H and O–H groups in total. The highest BCUT2D eigenvalue weighted by atomic mass is 16.1. The number of allylic oxidation sites excluding steroid dienone is 5. The molecule has 0 unspecified atom stereocenters. The number of amides is 1. The van der Waals surface area contributed by atoms with Crippen molar-refractivity contribution in [2.45, 2.75) is 13.0 Å². The number of carbonyl (C=O) groups excluding carboxylic acids is 1. The molecule has 106 valence electrons. The van der Waals surface area contributed by atoms with E-state index in [0.717, 1.165) is 11.1 Å². The van der Waals surface area contributed by atoms with Crippen molar-refractivity contribution in [3.05, 3.63) is 71.8 Å². The van der Waals surface area contributed by atoms with Crippen molar-refractivity contribution in [2.24, 2.45) is 23.7 Å². The Bertz CT molecular complexity index is 655. The number of rotatable bonds is 3. The minimum atomic E-state index is 0.0387. The van der Waals surface area contributed by atoms with E-state index in [1.807, 2.05) is 25.1 Å². The third-order valence-corrected chi connectivity index (χ3v) is 5.04. The second-order valence-corrected chi connectivity index (χ2v) is 6.26. The van der Waals surface area contributed by atoms with E-state index >= 15 is 0 Å². The SMILES string of the molecule is C[C@H](NC(=O)C1=C[C@@H]2C=C[C@@H]3C=C[C@H]1[C@@H]32)c1ccccc1. The van der Waals surface area contributed by atoms with Gasteiger partial charge in [0.1, 0.15) is 0 Å². The molecule has 2 heteroatoms. The quantitative estimate of drug-likeness (QED) is 0.843. The molecule has 0 bridgehead atoms. The van der Waals surface area contributed by atoms with Gasteiger partial charge in [-0.3, -0.25) is 4.79 Å². The second-order valence-electron chi connectivity index (χ2n) is 6.26. The summed E-state index contributed by atoms with van der Waals surface area (Å²) in [6, 6.07) is 10.2. The molecule has 3 aliphatic rings. The summed E-state index contributed by atoms with van der Waals surface area (Å²) in [5.74, 6) is 1.94. The minimum absolute atomic E-state index is 0.0387. The maximum atomic E-state index is 12.6. The highest BCUT2D eigenvalue weighted by Crippen LogP contribution is 2.51. The topological polar surface area (TPSA) is 29.1 Å². The second kappa shape index (κ2) is 4.73. The van der Waals surface area contributed by atoms with Gasteiger partial charge >= 0.3 is 0 Å². The highest BCUT2D eigenvalue weighted by molar-refractivity contribution is 5.95. The molecular formula is C19H19NO. The predicted octanol–water partition coefficient (Wildman–Crippen LogP) is 3.41. The van der Waals surface area contributed by atoms with Crippen LogP contribution in [0.15, 0.2) is 66.3 Å². The molecule has 0 radical (unpaired) electrons. The highest BCUT2D eigenvalue weighted by Gasteiger charge is 2.45. The Morgan fingerprint density at radius 1 is 1.05 bits per heavy atom. The van der Waals surface area contributed by atoms with E-state index in [4.69, 9.17) is 0 Å². The molecule has 3 aliphatic carbocycles. The molecule has 5 atom stereocenters. The molecular weight excluding hydrogens is 258 g/mol. The van der Waals surface area contributed by atoms with Gasteiger partial charge in [-0.1, -0.05) is 60.7 Å². The first-order valence-electron chi connectivity index (χ1n) is 7.68. The van der Waals surface area contributed by atoms with E-state index in [0.29, 0.717) is 23.7 Å². The summed E-state index contributed by atoms with van der Waals surface area (Å²) in [4.78, 5) is 12.6. The van der Waals surface area contributed by atoms with Crippen LogP contribution in [0, 0.1) is 23.7 Å². The van der Waals surface area contributed by atoms with Crippen molar-refractivity contribution in [2.75, 3.05) is 0 Å². The van der Waals surface area contributed by atoms with E-state index in [2.05, 4.69) is 47.8 Å². The molecule has 0 spiro atoms. The molecule has 0 fully saturated rings. The van der Waals surface area contributed by atoms with Gasteiger partial charge in [-0.25, -0.2) is 0 Å². The average Bonchev–Trinajstić information content (AvgIpc) is 3.17. The van der Waals surface area contributed by atoms with E-state index in [1.165, 1.54) is 0 Å². The fourth-order valence-electron chi connectivity index (χ4n) is 3.95. The number of hydrogen-bond donors (Lipinski definition) is 1. The molecule has 2 nitrogen and oxygen atoms in total. The minimum Gasteiger partial charge on any atom is -0.346 e. The van der Waals surface area contributed by atoms with Crippen molar-refractivity contribution < 1.29 is 4.79 Å². The van der Waals surface area contributed by atoms with Crippen molar-refractivity contribution in [1.82, 2.24) is 5.32 Å². The van der Waals surface area contributed by atoms with Gasteiger partial charge in [0.15, 0.2) is 0 Å². The average molecular weight is 277 g/mol. The predicted molar refractivity (Wildman–Crippen MR) is 83.3 cm³/mol. The van der Waals surface area contributed by atoms with Crippen molar-refractivity contribution >= 4 is 5.91 Å². The van der Waals surface area contributed by atoms with E-state index in [9.17, 15) is 4.79 Å². The monoisotopic (exact) mass is 277 g/mol. The Labute approximate surface area is 125 Å². The number of benzene rings is 1. The lowest BCUT2D eigenvalue weighted by molar-refractivity contribution is -0.118. The van der Waals surface area contributed by atoms with E-state index < -0.39 is 0 Å². The van der Waals surface area contributed by atoms with Gasteiger partial charge in [-0.2, -0.15) is 0 Å². The van der Waals surface area contributed by atoms with Crippen LogP contribution < -0.4 is 5.32 Å². The Balaban J connectivity index is 1.51. The van der Waals surface area contributed by atoms with Crippen molar-refractivity contribution in [3.8, 4) is 0 Å². The normalized spacial score (nSPS) is 32.9. The first kappa shape index (κ1) is 12.6. The molecule has 1 amide bonds. The molecule has 0 aliphatic heterocycles. The molecule has 0 aromatic heterocycles. The summed E-state index contributed by atoms with van der Waals surface area (Å²) in [5, 5.41) is 3.15. The first-order chi connectivity index (χ1) is 10.2. The number of nitrogens with one attached hydrogen (secondary N) is 1. The first-order valence-corrected chi connectivity index (χ1v) is 7.68. The standard InChI is InChI=1S/C19H19NO/c1-12(13-5-3-2-4-6-13)20-19(21)17-11-15-8-7-14-9-10-16(17)18(14)15/h2-12,14-16,18H,1H3,(H,20,21)/t12-,14+,15-,16+,18-/m0/s1. The smallest absolute Gasteiger partial charge is 0.247 e. The van der Waals surface area contributed by atoms with E-state index in [1.54, 1.807) is 0 Å². The van der Waals surface area contributed by atoms with Gasteiger partial charge in [0, 0.05) is 17.4 Å². The molecule has 21 heavy (non-hydrogen) atoms. The third-order valence-electron chi connectivity index (χ3n) is 5.04. The van der Waals surface area contributed by atoms with Crippen LogP contribution in [-0.4, -0.2) is 5.91 Å². The zero-order chi connectivity index (χ0) is 14.4. The molecule has 4 rings (SSSR count). The van der Waals surface area contributed by atoms with Gasteiger partial charge in [0.25, 0.3) is 0 Å². The van der Waals surface area contributed by atoms with Crippen LogP contribution in [0.1, 0.15) is 18.5 Å². The number of hydrogen-bond acceptors (Lipinski definition) is 1. The van der Waals surface area contributed by atoms with Crippen LogP contribution in [0.5, 0.6) is 0 Å². The maximum Gasteiger partial charge on any atom is 0.247 e. The van der Waals surface area contributed by atoms with Gasteiger partial charge in [-0.15, -0.1) is 0 Å². The Morgan fingerprint density at radius 2 is 1.76 bits per heavy atom. The summed E-state index contributed by atoms with van der Waals surface area (Å²) >= 11 is 0. The van der Waals surface area contributed by atoms with Crippen molar-refractivity contribution in [1.29, 1.82) is 0 Å². The third kappa shape index (κ3) is 1.98. The van der Waals surface area contributed by atoms with Crippen LogP contribution in [-0.2, 0) is 4.79 Å². The Kier molecular flexibility index (Phi) is 2.85. The lowest BCUT2D eigenvalue weighted by atomic mass is 9.87. The Morgan fingerprint density at radius 3 is 2.57 bits per heavy atom. The molecule has 1 aromatic rings. The fraction of sp³-hybridized carbons (Fsp3) is 0.316. The molecule has 0 saturated carbocycles. The molecule has 0 heterocycles. The van der Waals surface area contributed by atoms with Gasteiger partial charge in [0.05, 0.1) is 6.04 Å². The van der Waals surface area contributed by atoms with Gasteiger partial charge in [-0.05, 0) is 24.3 Å². The van der Waals surface area contributed by atoms with E-state index in [-0.39, 0.29) is 11.9 Å². The lowest BCUT2D eigenvalue weighted by Gasteiger charge is -2.19. The van der Waals surface area contributed by atoms with Crippen LogP contribution in [0.2, 0.25) is 0 Å². The summed E-state index contributed by atoms with van der Waals surface area (Å²) in [6.07, 6.45) is 11.2. The van der Waals surface area contributed by atoms with Gasteiger partial charge in [0.2, 0.25) is 5.91 Å². The summed E-state index contributed by atoms with van der Waals surface area (Å²) in [5.41, 5.74) is 2.10. The van der Waals surface area contributed by atoms with Crippen molar-refractivity contribution in [3.63, 3.8) is 0 Å². The van der Waals surface area contributed by atoms with Crippen LogP contribution >= 0.6 is 0 Å². The van der Waals surface area contributed by atoms with Crippen LogP contribution in [0.4, 0.5) is 0 Å².